The van der Waals surface area contributed by atoms with E-state index in [0.717, 1.165) is 11.1 Å². The van der Waals surface area contributed by atoms with Crippen LogP contribution in [0.4, 0.5) is 0 Å². The predicted octanol–water partition coefficient (Wildman–Crippen LogP) is 1.22. The first-order valence-electron chi connectivity index (χ1n) is 6.60. The molecule has 0 aliphatic rings. The number of rotatable bonds is 3. The maximum Gasteiger partial charge on any atom is 0.283 e. The van der Waals surface area contributed by atoms with E-state index >= 15 is 0 Å². The smallest absolute Gasteiger partial charge is 0.273 e. The molecule has 0 unspecified atom stereocenters. The first-order valence-corrected chi connectivity index (χ1v) is 6.60. The van der Waals surface area contributed by atoms with Crippen molar-refractivity contribution in [1.82, 2.24) is 19.4 Å². The Hall–Kier alpha value is -2.18. The monoisotopic (exact) mass is 277 g/mol. The molecule has 7 heteroatoms. The normalized spacial score (nSPS) is 11.8. The van der Waals surface area contributed by atoms with Gasteiger partial charge in [0.05, 0.1) is 11.7 Å². The van der Waals surface area contributed by atoms with Crippen LogP contribution in [0.1, 0.15) is 40.5 Å². The molecule has 0 atom stereocenters. The van der Waals surface area contributed by atoms with Crippen LogP contribution in [0, 0.1) is 0 Å². The Morgan fingerprint density at radius 3 is 2.70 bits per heavy atom. The Bertz CT molecular complexity index is 693. The Morgan fingerprint density at radius 1 is 1.40 bits per heavy atom. The highest BCUT2D eigenvalue weighted by molar-refractivity contribution is 5.84. The lowest BCUT2D eigenvalue weighted by atomic mass is 10.1. The molecular formula is C13H19N5O2. The topological polar surface area (TPSA) is 81.8 Å². The van der Waals surface area contributed by atoms with Gasteiger partial charge in [-0.3, -0.25) is 15.0 Å². The fourth-order valence-corrected chi connectivity index (χ4v) is 1.90. The molecule has 2 aromatic heterocycles. The van der Waals surface area contributed by atoms with Crippen LogP contribution in [-0.4, -0.2) is 25.3 Å². The van der Waals surface area contributed by atoms with Gasteiger partial charge in [-0.05, 0) is 27.2 Å². The standard InChI is InChI=1S/C13H19N5O2/c1-5-6-10(19)16-17-8-14-11-9(12(17)20)7-15-18(11)13(2,3)4/h7-8H,5-6H2,1-4H3,(H,16,19). The molecule has 0 saturated carbocycles. The molecule has 0 aromatic carbocycles. The molecule has 0 fully saturated rings. The lowest BCUT2D eigenvalue weighted by Crippen LogP contribution is -2.33. The Balaban J connectivity index is 2.46. The number of nitrogens with one attached hydrogen (secondary N) is 1. The van der Waals surface area contributed by atoms with Gasteiger partial charge in [-0.2, -0.15) is 5.10 Å². The minimum atomic E-state index is -0.324. The summed E-state index contributed by atoms with van der Waals surface area (Å²) in [5.41, 5.74) is 2.44. The third kappa shape index (κ3) is 2.56. The summed E-state index contributed by atoms with van der Waals surface area (Å²) in [7, 11) is 0. The van der Waals surface area contributed by atoms with Gasteiger partial charge in [-0.1, -0.05) is 6.92 Å². The van der Waals surface area contributed by atoms with Crippen molar-refractivity contribution in [2.75, 3.05) is 5.43 Å². The predicted molar refractivity (Wildman–Crippen MR) is 76.1 cm³/mol. The largest absolute Gasteiger partial charge is 0.283 e. The summed E-state index contributed by atoms with van der Waals surface area (Å²) in [5.74, 6) is -0.209. The van der Waals surface area contributed by atoms with Crippen LogP contribution >= 0.6 is 0 Å². The summed E-state index contributed by atoms with van der Waals surface area (Å²) in [6, 6.07) is 0. The van der Waals surface area contributed by atoms with Crippen LogP contribution in [0.25, 0.3) is 11.0 Å². The molecule has 2 heterocycles. The summed E-state index contributed by atoms with van der Waals surface area (Å²) >= 11 is 0. The average molecular weight is 277 g/mol. The van der Waals surface area contributed by atoms with Gasteiger partial charge >= 0.3 is 0 Å². The molecular weight excluding hydrogens is 258 g/mol. The van der Waals surface area contributed by atoms with Gasteiger partial charge in [0.2, 0.25) is 5.91 Å². The van der Waals surface area contributed by atoms with Crippen molar-refractivity contribution < 1.29 is 4.79 Å². The van der Waals surface area contributed by atoms with Crippen molar-refractivity contribution in [2.45, 2.75) is 46.1 Å². The summed E-state index contributed by atoms with van der Waals surface area (Å²) in [6.07, 6.45) is 3.89. The van der Waals surface area contributed by atoms with E-state index in [2.05, 4.69) is 15.5 Å². The molecule has 0 aliphatic heterocycles. The van der Waals surface area contributed by atoms with Crippen LogP contribution in [0.15, 0.2) is 17.3 Å². The van der Waals surface area contributed by atoms with Gasteiger partial charge < -0.3 is 0 Å². The second-order valence-corrected chi connectivity index (χ2v) is 5.67. The quantitative estimate of drug-likeness (QED) is 0.914. The van der Waals surface area contributed by atoms with E-state index in [9.17, 15) is 9.59 Å². The number of carbonyl (C=O) groups is 1. The second-order valence-electron chi connectivity index (χ2n) is 5.67. The van der Waals surface area contributed by atoms with Crippen molar-refractivity contribution in [1.29, 1.82) is 0 Å². The molecule has 108 valence electrons. The fraction of sp³-hybridized carbons (Fsp3) is 0.538. The van der Waals surface area contributed by atoms with Crippen molar-refractivity contribution in [2.24, 2.45) is 0 Å². The molecule has 20 heavy (non-hydrogen) atoms. The van der Waals surface area contributed by atoms with Gasteiger partial charge in [-0.25, -0.2) is 14.3 Å². The minimum absolute atomic E-state index is 0.209. The Labute approximate surface area is 116 Å². The minimum Gasteiger partial charge on any atom is -0.273 e. The van der Waals surface area contributed by atoms with E-state index in [1.54, 1.807) is 4.68 Å². The van der Waals surface area contributed by atoms with Gasteiger partial charge in [-0.15, -0.1) is 0 Å². The first kappa shape index (κ1) is 14.2. The molecule has 2 rings (SSSR count). The van der Waals surface area contributed by atoms with E-state index in [1.807, 2.05) is 27.7 Å². The summed E-state index contributed by atoms with van der Waals surface area (Å²) in [6.45, 7) is 7.85. The first-order chi connectivity index (χ1) is 9.34. The van der Waals surface area contributed by atoms with Crippen LogP contribution in [-0.2, 0) is 10.3 Å². The van der Waals surface area contributed by atoms with E-state index < -0.39 is 0 Å². The van der Waals surface area contributed by atoms with Gasteiger partial charge in [0.1, 0.15) is 11.7 Å². The highest BCUT2D eigenvalue weighted by Gasteiger charge is 2.19. The summed E-state index contributed by atoms with van der Waals surface area (Å²) < 4.78 is 2.80. The molecule has 1 N–H and O–H groups in total. The maximum absolute atomic E-state index is 12.3. The zero-order valence-electron chi connectivity index (χ0n) is 12.2. The van der Waals surface area contributed by atoms with Crippen LogP contribution < -0.4 is 11.0 Å². The Kier molecular flexibility index (Phi) is 3.61. The molecule has 0 radical (unpaired) electrons. The molecule has 1 amide bonds. The molecule has 0 spiro atoms. The van der Waals surface area contributed by atoms with Gasteiger partial charge in [0, 0.05) is 6.42 Å². The van der Waals surface area contributed by atoms with E-state index in [0.29, 0.717) is 17.5 Å². The van der Waals surface area contributed by atoms with Crippen molar-refractivity contribution >= 4 is 16.9 Å². The molecule has 2 aromatic rings. The van der Waals surface area contributed by atoms with Crippen LogP contribution in [0.2, 0.25) is 0 Å². The number of hydrogen-bond donors (Lipinski definition) is 1. The van der Waals surface area contributed by atoms with E-state index in [1.165, 1.54) is 12.5 Å². The lowest BCUT2D eigenvalue weighted by molar-refractivity contribution is -0.117. The number of carbonyl (C=O) groups excluding carboxylic acids is 1. The number of hydrogen-bond acceptors (Lipinski definition) is 4. The van der Waals surface area contributed by atoms with Crippen LogP contribution in [0.5, 0.6) is 0 Å². The molecule has 0 aliphatic carbocycles. The highest BCUT2D eigenvalue weighted by atomic mass is 16.2. The van der Waals surface area contributed by atoms with Crippen molar-refractivity contribution in [3.05, 3.63) is 22.9 Å². The molecule has 7 nitrogen and oxygen atoms in total. The maximum atomic E-state index is 12.3. The summed E-state index contributed by atoms with van der Waals surface area (Å²) in [4.78, 5) is 28.0. The number of nitrogens with zero attached hydrogens (tertiary/aromatic N) is 4. The third-order valence-corrected chi connectivity index (χ3v) is 2.85. The number of amides is 1. The zero-order valence-corrected chi connectivity index (χ0v) is 12.2. The van der Waals surface area contributed by atoms with Gasteiger partial charge in [0.25, 0.3) is 5.56 Å². The summed E-state index contributed by atoms with van der Waals surface area (Å²) in [5, 5.41) is 4.60. The number of fused-ring (bicyclic) bond motifs is 1. The average Bonchev–Trinajstić information content (AvgIpc) is 2.77. The number of aromatic nitrogens is 4. The van der Waals surface area contributed by atoms with Gasteiger partial charge in [0.15, 0.2) is 5.65 Å². The Morgan fingerprint density at radius 2 is 2.10 bits per heavy atom. The third-order valence-electron chi connectivity index (χ3n) is 2.85. The zero-order chi connectivity index (χ0) is 14.9. The van der Waals surface area contributed by atoms with E-state index in [-0.39, 0.29) is 17.0 Å². The van der Waals surface area contributed by atoms with Crippen molar-refractivity contribution in [3.63, 3.8) is 0 Å². The molecule has 0 bridgehead atoms. The SMILES string of the molecule is CCCC(=O)Nn1cnc2c(cnn2C(C)(C)C)c1=O. The molecule has 0 saturated heterocycles. The van der Waals surface area contributed by atoms with Crippen LogP contribution in [0.3, 0.4) is 0 Å². The highest BCUT2D eigenvalue weighted by Crippen LogP contribution is 2.17. The fourth-order valence-electron chi connectivity index (χ4n) is 1.90. The lowest BCUT2D eigenvalue weighted by Gasteiger charge is -2.19. The van der Waals surface area contributed by atoms with E-state index in [4.69, 9.17) is 0 Å². The second kappa shape index (κ2) is 5.07. The van der Waals surface area contributed by atoms with Crippen molar-refractivity contribution in [3.8, 4) is 0 Å².